The molecule has 2 aromatic rings. The van der Waals surface area contributed by atoms with Crippen LogP contribution in [0.25, 0.3) is 0 Å². The molecular formula is C19H20N4O4. The summed E-state index contributed by atoms with van der Waals surface area (Å²) in [5, 5.41) is 17.1. The number of hydrogen-bond acceptors (Lipinski definition) is 5. The molecule has 140 valence electrons. The van der Waals surface area contributed by atoms with Gasteiger partial charge in [-0.15, -0.1) is 0 Å². The molecule has 0 spiro atoms. The van der Waals surface area contributed by atoms with E-state index in [2.05, 4.69) is 15.8 Å². The number of nitro benzene ring substituents is 1. The molecule has 0 aliphatic heterocycles. The minimum atomic E-state index is -0.494. The quantitative estimate of drug-likeness (QED) is 0.444. The zero-order valence-electron chi connectivity index (χ0n) is 15.1. The molecule has 0 saturated heterocycles. The minimum Gasteiger partial charge on any atom is -0.326 e. The van der Waals surface area contributed by atoms with Gasteiger partial charge in [0.15, 0.2) is 0 Å². The van der Waals surface area contributed by atoms with Gasteiger partial charge in [0.05, 0.1) is 11.1 Å². The van der Waals surface area contributed by atoms with E-state index >= 15 is 0 Å². The average molecular weight is 368 g/mol. The van der Waals surface area contributed by atoms with Crippen LogP contribution < -0.4 is 10.7 Å². The minimum absolute atomic E-state index is 0.00561. The van der Waals surface area contributed by atoms with Crippen molar-refractivity contribution in [1.29, 1.82) is 0 Å². The summed E-state index contributed by atoms with van der Waals surface area (Å²) >= 11 is 0. The Morgan fingerprint density at radius 1 is 1.07 bits per heavy atom. The van der Waals surface area contributed by atoms with Crippen molar-refractivity contribution in [2.24, 2.45) is 5.10 Å². The standard InChI is InChI=1S/C19H20N4O4/c1-13-3-8-17(14(2)11-13)21-18(24)9-10-19(25)22-20-12-15-4-6-16(7-5-15)23(26)27/h3-8,11-12H,9-10H2,1-2H3,(H,21,24)(H,22,25). The fourth-order valence-electron chi connectivity index (χ4n) is 2.31. The van der Waals surface area contributed by atoms with Crippen molar-refractivity contribution in [2.75, 3.05) is 5.32 Å². The molecule has 2 rings (SSSR count). The molecule has 0 saturated carbocycles. The van der Waals surface area contributed by atoms with Gasteiger partial charge < -0.3 is 5.32 Å². The van der Waals surface area contributed by atoms with Crippen LogP contribution in [0.5, 0.6) is 0 Å². The Balaban J connectivity index is 1.76. The number of nitrogens with zero attached hydrogens (tertiary/aromatic N) is 2. The summed E-state index contributed by atoms with van der Waals surface area (Å²) in [6.07, 6.45) is 1.40. The first-order valence-electron chi connectivity index (χ1n) is 8.28. The van der Waals surface area contributed by atoms with Crippen LogP contribution in [-0.4, -0.2) is 23.0 Å². The fraction of sp³-hybridized carbons (Fsp3) is 0.211. The number of nitro groups is 1. The van der Waals surface area contributed by atoms with Crippen LogP contribution in [0.15, 0.2) is 47.6 Å². The fourth-order valence-corrected chi connectivity index (χ4v) is 2.31. The van der Waals surface area contributed by atoms with E-state index in [0.717, 1.165) is 16.8 Å². The molecule has 0 bridgehead atoms. The topological polar surface area (TPSA) is 114 Å². The van der Waals surface area contributed by atoms with E-state index in [1.54, 1.807) is 0 Å². The van der Waals surface area contributed by atoms with Crippen molar-refractivity contribution in [3.63, 3.8) is 0 Å². The number of non-ortho nitro benzene ring substituents is 1. The number of hydrazone groups is 1. The molecular weight excluding hydrogens is 348 g/mol. The summed E-state index contributed by atoms with van der Waals surface area (Å²) in [4.78, 5) is 33.8. The van der Waals surface area contributed by atoms with Gasteiger partial charge in [-0.25, -0.2) is 5.43 Å². The molecule has 0 radical (unpaired) electrons. The molecule has 0 atom stereocenters. The highest BCUT2D eigenvalue weighted by molar-refractivity contribution is 5.94. The van der Waals surface area contributed by atoms with Crippen LogP contribution in [0.2, 0.25) is 0 Å². The number of carbonyl (C=O) groups excluding carboxylic acids is 2. The number of benzene rings is 2. The molecule has 2 amide bonds. The third-order valence-corrected chi connectivity index (χ3v) is 3.74. The Kier molecular flexibility index (Phi) is 6.76. The normalized spacial score (nSPS) is 10.6. The van der Waals surface area contributed by atoms with Crippen LogP contribution in [0.3, 0.4) is 0 Å². The summed E-state index contributed by atoms with van der Waals surface area (Å²) in [6.45, 7) is 3.88. The third-order valence-electron chi connectivity index (χ3n) is 3.74. The number of nitrogens with one attached hydrogen (secondary N) is 2. The number of rotatable bonds is 7. The van der Waals surface area contributed by atoms with Crippen molar-refractivity contribution in [1.82, 2.24) is 5.43 Å². The Hall–Kier alpha value is -3.55. The summed E-state index contributed by atoms with van der Waals surface area (Å²) in [5.41, 5.74) is 5.70. The maximum absolute atomic E-state index is 12.0. The lowest BCUT2D eigenvalue weighted by molar-refractivity contribution is -0.384. The lowest BCUT2D eigenvalue weighted by Crippen LogP contribution is -2.20. The predicted molar refractivity (Wildman–Crippen MR) is 103 cm³/mol. The van der Waals surface area contributed by atoms with E-state index in [1.807, 2.05) is 32.0 Å². The second-order valence-electron chi connectivity index (χ2n) is 6.01. The van der Waals surface area contributed by atoms with Gasteiger partial charge in [-0.05, 0) is 43.2 Å². The maximum atomic E-state index is 12.0. The summed E-state index contributed by atoms with van der Waals surface area (Å²) in [7, 11) is 0. The Bertz CT molecular complexity index is 876. The van der Waals surface area contributed by atoms with Gasteiger partial charge in [0.25, 0.3) is 5.69 Å². The number of amides is 2. The van der Waals surface area contributed by atoms with E-state index in [0.29, 0.717) is 5.56 Å². The molecule has 0 heterocycles. The lowest BCUT2D eigenvalue weighted by Gasteiger charge is -2.08. The van der Waals surface area contributed by atoms with Gasteiger partial charge in [-0.1, -0.05) is 17.7 Å². The van der Waals surface area contributed by atoms with Crippen LogP contribution in [-0.2, 0) is 9.59 Å². The van der Waals surface area contributed by atoms with Crippen molar-refractivity contribution in [2.45, 2.75) is 26.7 Å². The molecule has 0 fully saturated rings. The molecule has 0 unspecified atom stereocenters. The molecule has 8 heteroatoms. The zero-order chi connectivity index (χ0) is 19.8. The van der Waals surface area contributed by atoms with Gasteiger partial charge in [0.1, 0.15) is 0 Å². The van der Waals surface area contributed by atoms with E-state index in [9.17, 15) is 19.7 Å². The Morgan fingerprint density at radius 2 is 1.74 bits per heavy atom. The second-order valence-corrected chi connectivity index (χ2v) is 6.01. The third kappa shape index (κ3) is 6.35. The highest BCUT2D eigenvalue weighted by atomic mass is 16.6. The Morgan fingerprint density at radius 3 is 2.37 bits per heavy atom. The first-order valence-corrected chi connectivity index (χ1v) is 8.28. The van der Waals surface area contributed by atoms with Gasteiger partial charge in [-0.2, -0.15) is 5.10 Å². The number of hydrogen-bond donors (Lipinski definition) is 2. The predicted octanol–water partition coefficient (Wildman–Crippen LogP) is 3.08. The van der Waals surface area contributed by atoms with Crippen molar-refractivity contribution in [3.05, 3.63) is 69.3 Å². The lowest BCUT2D eigenvalue weighted by atomic mass is 10.1. The Labute approximate surface area is 156 Å². The number of anilines is 1. The van der Waals surface area contributed by atoms with Crippen molar-refractivity contribution >= 4 is 29.4 Å². The first kappa shape index (κ1) is 19.8. The molecule has 27 heavy (non-hydrogen) atoms. The van der Waals surface area contributed by atoms with Crippen LogP contribution in [0.1, 0.15) is 29.5 Å². The largest absolute Gasteiger partial charge is 0.326 e. The molecule has 2 N–H and O–H groups in total. The van der Waals surface area contributed by atoms with Gasteiger partial charge in [-0.3, -0.25) is 19.7 Å². The van der Waals surface area contributed by atoms with Crippen molar-refractivity contribution in [3.8, 4) is 0 Å². The highest BCUT2D eigenvalue weighted by Crippen LogP contribution is 2.16. The summed E-state index contributed by atoms with van der Waals surface area (Å²) in [6, 6.07) is 11.4. The molecule has 0 aliphatic rings. The zero-order valence-corrected chi connectivity index (χ0v) is 15.1. The van der Waals surface area contributed by atoms with Gasteiger partial charge in [0.2, 0.25) is 11.8 Å². The van der Waals surface area contributed by atoms with Crippen LogP contribution in [0, 0.1) is 24.0 Å². The van der Waals surface area contributed by atoms with E-state index < -0.39 is 10.8 Å². The SMILES string of the molecule is Cc1ccc(NC(=O)CCC(=O)NN=Cc2ccc([N+](=O)[O-])cc2)c(C)c1. The number of aryl methyl sites for hydroxylation is 2. The average Bonchev–Trinajstić information content (AvgIpc) is 2.63. The van der Waals surface area contributed by atoms with Gasteiger partial charge >= 0.3 is 0 Å². The number of carbonyl (C=O) groups is 2. The molecule has 0 aliphatic carbocycles. The van der Waals surface area contributed by atoms with Crippen molar-refractivity contribution < 1.29 is 14.5 Å². The van der Waals surface area contributed by atoms with Crippen LogP contribution >= 0.6 is 0 Å². The molecule has 2 aromatic carbocycles. The first-order chi connectivity index (χ1) is 12.8. The summed E-state index contributed by atoms with van der Waals surface area (Å²) < 4.78 is 0. The molecule has 0 aromatic heterocycles. The van der Waals surface area contributed by atoms with Crippen LogP contribution in [0.4, 0.5) is 11.4 Å². The smallest absolute Gasteiger partial charge is 0.269 e. The maximum Gasteiger partial charge on any atom is 0.269 e. The molecule has 8 nitrogen and oxygen atoms in total. The summed E-state index contributed by atoms with van der Waals surface area (Å²) in [5.74, 6) is -0.652. The second kappa shape index (κ2) is 9.23. The van der Waals surface area contributed by atoms with E-state index in [4.69, 9.17) is 0 Å². The van der Waals surface area contributed by atoms with E-state index in [1.165, 1.54) is 30.5 Å². The van der Waals surface area contributed by atoms with E-state index in [-0.39, 0.29) is 24.4 Å². The monoisotopic (exact) mass is 368 g/mol. The highest BCUT2D eigenvalue weighted by Gasteiger charge is 2.08. The van der Waals surface area contributed by atoms with Gasteiger partial charge in [0, 0.05) is 30.7 Å².